The Morgan fingerprint density at radius 2 is 2.00 bits per heavy atom. The average Bonchev–Trinajstić information content (AvgIpc) is 2.59. The maximum atomic E-state index is 12.5. The number of nitrogens with two attached hydrogens (primary N) is 1. The minimum Gasteiger partial charge on any atom is -0.382 e. The normalized spacial score (nSPS) is 13.0. The number of H-pyrrole nitrogens is 1. The highest BCUT2D eigenvalue weighted by atomic mass is 35.5. The van der Waals surface area contributed by atoms with Gasteiger partial charge >= 0.3 is 0 Å². The van der Waals surface area contributed by atoms with Gasteiger partial charge in [-0.05, 0) is 36.5 Å². The lowest BCUT2D eigenvalue weighted by Gasteiger charge is -2.15. The summed E-state index contributed by atoms with van der Waals surface area (Å²) in [6.45, 7) is 0. The van der Waals surface area contributed by atoms with Gasteiger partial charge < -0.3 is 15.8 Å². The molecule has 0 amide bonds. The Balaban J connectivity index is 2.21. The van der Waals surface area contributed by atoms with Crippen LogP contribution in [0, 0.1) is 0 Å². The second-order valence-corrected chi connectivity index (χ2v) is 6.60. The van der Waals surface area contributed by atoms with Crippen molar-refractivity contribution in [1.82, 2.24) is 9.97 Å². The highest BCUT2D eigenvalue weighted by Gasteiger charge is 2.24. The van der Waals surface area contributed by atoms with Crippen molar-refractivity contribution in [3.63, 3.8) is 0 Å². The second-order valence-electron chi connectivity index (χ2n) is 5.34. The number of aromatic nitrogens is 2. The van der Waals surface area contributed by atoms with Crippen LogP contribution in [0.2, 0.25) is 10.0 Å². The Bertz CT molecular complexity index is 1100. The predicted octanol–water partition coefficient (Wildman–Crippen LogP) is 3.00. The zero-order valence-electron chi connectivity index (χ0n) is 13.1. The van der Waals surface area contributed by atoms with Gasteiger partial charge in [-0.25, -0.2) is 9.98 Å². The van der Waals surface area contributed by atoms with Gasteiger partial charge in [0.25, 0.3) is 5.56 Å². The van der Waals surface area contributed by atoms with E-state index in [1.54, 1.807) is 42.5 Å². The summed E-state index contributed by atoms with van der Waals surface area (Å²) in [6, 6.07) is 11.5. The molecule has 132 valence electrons. The average molecular weight is 407 g/mol. The molecule has 0 fully saturated rings. The molecule has 0 saturated heterocycles. The molecule has 26 heavy (non-hydrogen) atoms. The quantitative estimate of drug-likeness (QED) is 0.458. The standard InChI is InChI=1S/C17H12Cl2N4O2S/c18-8-5-6-11-12(7-8)22-16(25)14(21-11)13(23-17(20)26)15(24)9-3-1-2-4-10(9)19/h1-7,15,24H,(H2,20,26)(H,22,25)/t15-/m0/s1. The molecule has 9 heteroatoms. The molecule has 0 saturated carbocycles. The van der Waals surface area contributed by atoms with Crippen molar-refractivity contribution in [2.24, 2.45) is 10.7 Å². The van der Waals surface area contributed by atoms with Gasteiger partial charge in [0.15, 0.2) is 10.8 Å². The van der Waals surface area contributed by atoms with Gasteiger partial charge in [-0.3, -0.25) is 4.79 Å². The summed E-state index contributed by atoms with van der Waals surface area (Å²) >= 11 is 16.9. The minimum atomic E-state index is -1.34. The summed E-state index contributed by atoms with van der Waals surface area (Å²) < 4.78 is 0. The molecule has 0 unspecified atom stereocenters. The Labute approximate surface area is 163 Å². The molecule has 1 atom stereocenters. The van der Waals surface area contributed by atoms with E-state index in [-0.39, 0.29) is 16.5 Å². The van der Waals surface area contributed by atoms with E-state index >= 15 is 0 Å². The summed E-state index contributed by atoms with van der Waals surface area (Å²) in [7, 11) is 0. The van der Waals surface area contributed by atoms with E-state index < -0.39 is 11.7 Å². The van der Waals surface area contributed by atoms with Gasteiger partial charge in [0.1, 0.15) is 11.8 Å². The van der Waals surface area contributed by atoms with Crippen LogP contribution in [0.4, 0.5) is 0 Å². The monoisotopic (exact) mass is 406 g/mol. The third-order valence-electron chi connectivity index (χ3n) is 3.59. The van der Waals surface area contributed by atoms with E-state index in [9.17, 15) is 9.90 Å². The summed E-state index contributed by atoms with van der Waals surface area (Å²) in [5.41, 5.74) is 6.00. The van der Waals surface area contributed by atoms with E-state index in [4.69, 9.17) is 41.2 Å². The molecule has 0 aliphatic rings. The molecule has 0 aliphatic carbocycles. The molecule has 2 aromatic carbocycles. The zero-order chi connectivity index (χ0) is 18.8. The first-order valence-corrected chi connectivity index (χ1v) is 8.53. The molecular formula is C17H12Cl2N4O2S. The fourth-order valence-corrected chi connectivity index (χ4v) is 2.95. The molecule has 0 spiro atoms. The maximum absolute atomic E-state index is 12.5. The molecule has 0 radical (unpaired) electrons. The number of thiocarbonyl (C=S) groups is 1. The number of aliphatic imine (C=N–C) groups is 1. The topological polar surface area (TPSA) is 104 Å². The number of aliphatic hydroxyl groups is 1. The van der Waals surface area contributed by atoms with Crippen molar-refractivity contribution in [3.05, 3.63) is 74.1 Å². The number of fused-ring (bicyclic) bond motifs is 1. The molecule has 1 aromatic heterocycles. The van der Waals surface area contributed by atoms with Gasteiger partial charge in [0.2, 0.25) is 0 Å². The van der Waals surface area contributed by atoms with Crippen LogP contribution in [0.25, 0.3) is 11.0 Å². The number of nitrogens with zero attached hydrogens (tertiary/aromatic N) is 2. The van der Waals surface area contributed by atoms with Crippen molar-refractivity contribution >= 4 is 57.3 Å². The van der Waals surface area contributed by atoms with Crippen LogP contribution < -0.4 is 11.3 Å². The summed E-state index contributed by atoms with van der Waals surface area (Å²) in [6.07, 6.45) is -1.34. The van der Waals surface area contributed by atoms with Gasteiger partial charge in [-0.1, -0.05) is 41.4 Å². The number of aliphatic hydroxyl groups excluding tert-OH is 1. The number of halogens is 2. The van der Waals surface area contributed by atoms with E-state index in [1.165, 1.54) is 0 Å². The van der Waals surface area contributed by atoms with Gasteiger partial charge in [0.05, 0.1) is 11.0 Å². The maximum Gasteiger partial charge on any atom is 0.276 e. The smallest absolute Gasteiger partial charge is 0.276 e. The van der Waals surface area contributed by atoms with Crippen molar-refractivity contribution in [3.8, 4) is 0 Å². The number of rotatable bonds is 3. The van der Waals surface area contributed by atoms with Crippen molar-refractivity contribution < 1.29 is 5.11 Å². The molecule has 3 rings (SSSR count). The third-order valence-corrected chi connectivity index (χ3v) is 4.26. The zero-order valence-corrected chi connectivity index (χ0v) is 15.4. The number of nitrogens with one attached hydrogen (secondary N) is 1. The molecule has 0 bridgehead atoms. The second kappa shape index (κ2) is 7.51. The molecular weight excluding hydrogens is 395 g/mol. The minimum absolute atomic E-state index is 0.0938. The first kappa shape index (κ1) is 18.5. The summed E-state index contributed by atoms with van der Waals surface area (Å²) in [4.78, 5) is 23.4. The Morgan fingerprint density at radius 1 is 1.27 bits per heavy atom. The first-order valence-electron chi connectivity index (χ1n) is 7.37. The molecule has 1 heterocycles. The van der Waals surface area contributed by atoms with Crippen LogP contribution in [-0.4, -0.2) is 25.9 Å². The fraction of sp³-hybridized carbons (Fsp3) is 0.0588. The number of hydrogen-bond donors (Lipinski definition) is 3. The lowest BCUT2D eigenvalue weighted by molar-refractivity contribution is 0.248. The summed E-state index contributed by atoms with van der Waals surface area (Å²) in [5.74, 6) is 0. The van der Waals surface area contributed by atoms with Crippen LogP contribution in [-0.2, 0) is 0 Å². The highest BCUT2D eigenvalue weighted by Crippen LogP contribution is 2.25. The Hall–Kier alpha value is -2.32. The van der Waals surface area contributed by atoms with Crippen molar-refractivity contribution in [2.75, 3.05) is 0 Å². The summed E-state index contributed by atoms with van der Waals surface area (Å²) in [5, 5.41) is 11.3. The molecule has 6 nitrogen and oxygen atoms in total. The fourth-order valence-electron chi connectivity index (χ4n) is 2.44. The molecule has 0 aliphatic heterocycles. The van der Waals surface area contributed by atoms with Crippen LogP contribution in [0.15, 0.2) is 52.3 Å². The lowest BCUT2D eigenvalue weighted by Crippen LogP contribution is -2.27. The van der Waals surface area contributed by atoms with Crippen LogP contribution in [0.5, 0.6) is 0 Å². The Morgan fingerprint density at radius 3 is 2.69 bits per heavy atom. The van der Waals surface area contributed by atoms with Gasteiger partial charge in [0, 0.05) is 15.6 Å². The van der Waals surface area contributed by atoms with Gasteiger partial charge in [-0.15, -0.1) is 0 Å². The van der Waals surface area contributed by atoms with Crippen molar-refractivity contribution in [1.29, 1.82) is 0 Å². The highest BCUT2D eigenvalue weighted by molar-refractivity contribution is 7.80. The van der Waals surface area contributed by atoms with Crippen LogP contribution in [0.3, 0.4) is 0 Å². The number of hydrogen-bond acceptors (Lipinski definition) is 4. The van der Waals surface area contributed by atoms with Crippen LogP contribution >= 0.6 is 35.4 Å². The Kier molecular flexibility index (Phi) is 5.33. The SMILES string of the molecule is NC(=S)N=C(c1nc2ccc(Cl)cc2[nH]c1=O)[C@@H](O)c1ccccc1Cl. The lowest BCUT2D eigenvalue weighted by atomic mass is 10.0. The largest absolute Gasteiger partial charge is 0.382 e. The van der Waals surface area contributed by atoms with E-state index in [0.717, 1.165) is 0 Å². The van der Waals surface area contributed by atoms with Crippen LogP contribution in [0.1, 0.15) is 17.4 Å². The number of benzene rings is 2. The third kappa shape index (κ3) is 3.76. The molecule has 4 N–H and O–H groups in total. The predicted molar refractivity (Wildman–Crippen MR) is 107 cm³/mol. The van der Waals surface area contributed by atoms with E-state index in [1.807, 2.05) is 0 Å². The molecule has 3 aromatic rings. The van der Waals surface area contributed by atoms with Gasteiger partial charge in [-0.2, -0.15) is 0 Å². The first-order chi connectivity index (χ1) is 12.4. The van der Waals surface area contributed by atoms with E-state index in [0.29, 0.717) is 26.6 Å². The van der Waals surface area contributed by atoms with E-state index in [2.05, 4.69) is 15.0 Å². The number of aromatic amines is 1. The van der Waals surface area contributed by atoms with Crippen molar-refractivity contribution in [2.45, 2.75) is 6.10 Å².